The molecular weight excluding hydrogens is 464 g/mol. The molecule has 0 saturated carbocycles. The van der Waals surface area contributed by atoms with E-state index in [9.17, 15) is 14.7 Å². The maximum absolute atomic E-state index is 12.1. The summed E-state index contributed by atoms with van der Waals surface area (Å²) in [5, 5.41) is 11.8. The standard InChI is InChI=1S/C31H62N2O4/c1-4-6-8-10-12-14-16-22-28(27(3)21-15-13-11-9-7-5-2)23-18-20-26-37-31(36)33-29(30(34)35)24-17-19-25-32/h27-29H,4-26,32H2,1-3H3,(H,33,36)(H,34,35)/t27?,28?,29-/m0/s1. The SMILES string of the molecule is CCCCCCCCCC(CCCCOC(=O)N[C@@H](CCCCN)C(=O)O)C(C)CCCCCCCC. The van der Waals surface area contributed by atoms with Crippen molar-refractivity contribution in [2.75, 3.05) is 13.2 Å². The van der Waals surface area contributed by atoms with E-state index in [-0.39, 0.29) is 0 Å². The molecule has 2 unspecified atom stereocenters. The first-order chi connectivity index (χ1) is 18.0. The molecule has 0 heterocycles. The molecule has 0 aliphatic carbocycles. The number of carbonyl (C=O) groups is 2. The Morgan fingerprint density at radius 1 is 0.703 bits per heavy atom. The second-order valence-corrected chi connectivity index (χ2v) is 11.2. The maximum Gasteiger partial charge on any atom is 0.407 e. The first-order valence-electron chi connectivity index (χ1n) is 15.8. The van der Waals surface area contributed by atoms with Crippen molar-refractivity contribution in [2.45, 2.75) is 162 Å². The van der Waals surface area contributed by atoms with E-state index < -0.39 is 18.1 Å². The normalized spacial score (nSPS) is 13.7. The highest BCUT2D eigenvalue weighted by atomic mass is 16.5. The molecule has 220 valence electrons. The van der Waals surface area contributed by atoms with Gasteiger partial charge in [-0.3, -0.25) is 0 Å². The minimum Gasteiger partial charge on any atom is -0.480 e. The predicted octanol–water partition coefficient (Wildman–Crippen LogP) is 8.61. The molecule has 6 heteroatoms. The Labute approximate surface area is 229 Å². The zero-order chi connectivity index (χ0) is 27.6. The van der Waals surface area contributed by atoms with Crippen molar-refractivity contribution in [2.24, 2.45) is 17.6 Å². The topological polar surface area (TPSA) is 102 Å². The Bertz CT molecular complexity index is 529. The van der Waals surface area contributed by atoms with E-state index in [1.807, 2.05) is 0 Å². The Balaban J connectivity index is 4.34. The Hall–Kier alpha value is -1.30. The van der Waals surface area contributed by atoms with Crippen molar-refractivity contribution in [1.29, 1.82) is 0 Å². The number of amides is 1. The van der Waals surface area contributed by atoms with Crippen LogP contribution in [0.5, 0.6) is 0 Å². The lowest BCUT2D eigenvalue weighted by Crippen LogP contribution is -2.41. The van der Waals surface area contributed by atoms with Gasteiger partial charge in [0.05, 0.1) is 6.61 Å². The maximum atomic E-state index is 12.1. The quantitative estimate of drug-likeness (QED) is 0.0930. The number of ether oxygens (including phenoxy) is 1. The molecule has 1 amide bonds. The average molecular weight is 527 g/mol. The monoisotopic (exact) mass is 526 g/mol. The number of alkyl carbamates (subject to hydrolysis) is 1. The molecule has 0 aromatic heterocycles. The number of carboxylic acids is 1. The number of hydrogen-bond donors (Lipinski definition) is 3. The number of unbranched alkanes of at least 4 members (excludes halogenated alkanes) is 13. The van der Waals surface area contributed by atoms with E-state index >= 15 is 0 Å². The molecule has 0 fully saturated rings. The van der Waals surface area contributed by atoms with E-state index in [1.54, 1.807) is 0 Å². The lowest BCUT2D eigenvalue weighted by molar-refractivity contribution is -0.139. The third-order valence-electron chi connectivity index (χ3n) is 7.74. The largest absolute Gasteiger partial charge is 0.480 e. The van der Waals surface area contributed by atoms with Crippen molar-refractivity contribution in [3.8, 4) is 0 Å². The zero-order valence-corrected chi connectivity index (χ0v) is 24.7. The zero-order valence-electron chi connectivity index (χ0n) is 24.7. The highest BCUT2D eigenvalue weighted by Crippen LogP contribution is 2.29. The van der Waals surface area contributed by atoms with Gasteiger partial charge in [-0.25, -0.2) is 9.59 Å². The van der Waals surface area contributed by atoms with Gasteiger partial charge in [0.25, 0.3) is 0 Å². The Morgan fingerprint density at radius 2 is 1.19 bits per heavy atom. The second kappa shape index (κ2) is 26.3. The van der Waals surface area contributed by atoms with Crippen LogP contribution in [-0.2, 0) is 9.53 Å². The highest BCUT2D eigenvalue weighted by Gasteiger charge is 2.20. The van der Waals surface area contributed by atoms with Gasteiger partial charge in [-0.1, -0.05) is 124 Å². The molecule has 37 heavy (non-hydrogen) atoms. The molecule has 3 atom stereocenters. The van der Waals surface area contributed by atoms with E-state index in [1.165, 1.54) is 103 Å². The fourth-order valence-electron chi connectivity index (χ4n) is 5.17. The summed E-state index contributed by atoms with van der Waals surface area (Å²) in [5.41, 5.74) is 5.47. The molecule has 0 radical (unpaired) electrons. The van der Waals surface area contributed by atoms with Gasteiger partial charge in [-0.2, -0.15) is 0 Å². The summed E-state index contributed by atoms with van der Waals surface area (Å²) < 4.78 is 5.29. The van der Waals surface area contributed by atoms with E-state index in [0.717, 1.165) is 31.1 Å². The van der Waals surface area contributed by atoms with Crippen LogP contribution in [0.3, 0.4) is 0 Å². The van der Waals surface area contributed by atoms with Gasteiger partial charge in [0, 0.05) is 0 Å². The van der Waals surface area contributed by atoms with Crippen LogP contribution in [0.4, 0.5) is 4.79 Å². The average Bonchev–Trinajstić information content (AvgIpc) is 2.88. The molecule has 0 aromatic carbocycles. The van der Waals surface area contributed by atoms with Crippen molar-refractivity contribution in [3.63, 3.8) is 0 Å². The molecule has 0 aliphatic heterocycles. The number of hydrogen-bond acceptors (Lipinski definition) is 4. The molecule has 0 aromatic rings. The van der Waals surface area contributed by atoms with Crippen molar-refractivity contribution in [3.05, 3.63) is 0 Å². The van der Waals surface area contributed by atoms with E-state index in [0.29, 0.717) is 26.0 Å². The highest BCUT2D eigenvalue weighted by molar-refractivity contribution is 5.79. The van der Waals surface area contributed by atoms with Gasteiger partial charge in [-0.15, -0.1) is 0 Å². The minimum atomic E-state index is -1.03. The number of aliphatic carboxylic acids is 1. The van der Waals surface area contributed by atoms with E-state index in [4.69, 9.17) is 10.5 Å². The van der Waals surface area contributed by atoms with Gasteiger partial charge in [0.2, 0.25) is 0 Å². The third-order valence-corrected chi connectivity index (χ3v) is 7.74. The second-order valence-electron chi connectivity index (χ2n) is 11.2. The number of carbonyl (C=O) groups excluding carboxylic acids is 1. The minimum absolute atomic E-state index is 0.344. The van der Waals surface area contributed by atoms with Crippen LogP contribution in [0.25, 0.3) is 0 Å². The van der Waals surface area contributed by atoms with Crippen molar-refractivity contribution >= 4 is 12.1 Å². The van der Waals surface area contributed by atoms with Crippen LogP contribution in [0.15, 0.2) is 0 Å². The molecule has 0 aliphatic rings. The lowest BCUT2D eigenvalue weighted by atomic mass is 9.82. The molecule has 0 bridgehead atoms. The van der Waals surface area contributed by atoms with Crippen LogP contribution in [0.2, 0.25) is 0 Å². The summed E-state index contributed by atoms with van der Waals surface area (Å²) in [6, 6.07) is -0.909. The smallest absolute Gasteiger partial charge is 0.407 e. The van der Waals surface area contributed by atoms with E-state index in [2.05, 4.69) is 26.1 Å². The molecule has 0 saturated heterocycles. The van der Waals surface area contributed by atoms with Gasteiger partial charge in [0.15, 0.2) is 0 Å². The number of carboxylic acid groups (broad SMARTS) is 1. The Morgan fingerprint density at radius 3 is 1.73 bits per heavy atom. The van der Waals surface area contributed by atoms with Crippen LogP contribution in [0.1, 0.15) is 156 Å². The first-order valence-corrected chi connectivity index (χ1v) is 15.8. The molecule has 6 nitrogen and oxygen atoms in total. The Kier molecular flexibility index (Phi) is 25.4. The molecular formula is C31H62N2O4. The van der Waals surface area contributed by atoms with Gasteiger partial charge >= 0.3 is 12.1 Å². The molecule has 0 spiro atoms. The summed E-state index contributed by atoms with van der Waals surface area (Å²) in [6.07, 6.45) is 24.5. The summed E-state index contributed by atoms with van der Waals surface area (Å²) in [4.78, 5) is 23.4. The third kappa shape index (κ3) is 22.4. The summed E-state index contributed by atoms with van der Waals surface area (Å²) >= 11 is 0. The summed E-state index contributed by atoms with van der Waals surface area (Å²) in [5.74, 6) is 0.473. The lowest BCUT2D eigenvalue weighted by Gasteiger charge is -2.24. The first kappa shape index (κ1) is 35.7. The summed E-state index contributed by atoms with van der Waals surface area (Å²) in [6.45, 7) is 7.85. The van der Waals surface area contributed by atoms with Crippen LogP contribution >= 0.6 is 0 Å². The fourth-order valence-corrected chi connectivity index (χ4v) is 5.17. The summed E-state index contributed by atoms with van der Waals surface area (Å²) in [7, 11) is 0. The van der Waals surface area contributed by atoms with Crippen LogP contribution < -0.4 is 11.1 Å². The number of nitrogens with one attached hydrogen (secondary N) is 1. The van der Waals surface area contributed by atoms with Crippen LogP contribution in [0, 0.1) is 11.8 Å². The number of rotatable bonds is 27. The van der Waals surface area contributed by atoms with Gasteiger partial charge in [-0.05, 0) is 50.5 Å². The van der Waals surface area contributed by atoms with Gasteiger partial charge < -0.3 is 20.9 Å². The van der Waals surface area contributed by atoms with Gasteiger partial charge in [0.1, 0.15) is 6.04 Å². The molecule has 0 rings (SSSR count). The van der Waals surface area contributed by atoms with Crippen LogP contribution in [-0.4, -0.2) is 36.4 Å². The predicted molar refractivity (Wildman–Crippen MR) is 156 cm³/mol. The van der Waals surface area contributed by atoms with Crippen molar-refractivity contribution < 1.29 is 19.4 Å². The molecule has 4 N–H and O–H groups in total. The number of nitrogens with two attached hydrogens (primary N) is 1. The fraction of sp³-hybridized carbons (Fsp3) is 0.935. The van der Waals surface area contributed by atoms with Crippen molar-refractivity contribution in [1.82, 2.24) is 5.32 Å².